The van der Waals surface area contributed by atoms with Crippen molar-refractivity contribution < 1.29 is 23.1 Å². The first-order valence-corrected chi connectivity index (χ1v) is 10.7. The van der Waals surface area contributed by atoms with Crippen molar-refractivity contribution in [1.29, 1.82) is 0 Å². The van der Waals surface area contributed by atoms with Gasteiger partial charge in [0.25, 0.3) is 0 Å². The summed E-state index contributed by atoms with van der Waals surface area (Å²) in [6.07, 6.45) is -2.30. The standard InChI is InChI=1S/C18H21N7S.C2HF3O2/c1-12-5-3-4-6-15(12)25-13(2)22-23-18(25)26-17-20-9-7-16(21-17)24-10-8-14(19)11-24;3-2(4,5)1(6)7/h3-7,9,14H,8,10-11,19H2,1-2H3;(H,6,7). The summed E-state index contributed by atoms with van der Waals surface area (Å²) < 4.78 is 33.8. The monoisotopic (exact) mass is 481 g/mol. The molecule has 3 aromatic rings. The maximum absolute atomic E-state index is 10.6. The number of aryl methyl sites for hydroxylation is 2. The Kier molecular flexibility index (Phi) is 7.53. The molecule has 1 unspecified atom stereocenters. The third-order valence-electron chi connectivity index (χ3n) is 4.74. The number of aliphatic carboxylic acids is 1. The van der Waals surface area contributed by atoms with Gasteiger partial charge in [-0.3, -0.25) is 4.57 Å². The van der Waals surface area contributed by atoms with E-state index in [1.54, 1.807) is 6.20 Å². The van der Waals surface area contributed by atoms with E-state index in [1.165, 1.54) is 11.8 Å². The second-order valence-corrected chi connectivity index (χ2v) is 8.18. The van der Waals surface area contributed by atoms with Crippen LogP contribution in [0, 0.1) is 13.8 Å². The normalized spacial score (nSPS) is 15.8. The Morgan fingerprint density at radius 3 is 2.52 bits per heavy atom. The Morgan fingerprint density at radius 2 is 1.91 bits per heavy atom. The van der Waals surface area contributed by atoms with Gasteiger partial charge in [-0.25, -0.2) is 14.8 Å². The number of alkyl halides is 3. The second kappa shape index (κ2) is 10.2. The lowest BCUT2D eigenvalue weighted by atomic mass is 10.2. The molecule has 1 fully saturated rings. The minimum Gasteiger partial charge on any atom is -0.475 e. The van der Waals surface area contributed by atoms with Crippen molar-refractivity contribution in [3.05, 3.63) is 47.9 Å². The van der Waals surface area contributed by atoms with E-state index in [0.29, 0.717) is 5.16 Å². The number of benzene rings is 1. The topological polar surface area (TPSA) is 123 Å². The Hall–Kier alpha value is -3.19. The molecule has 1 saturated heterocycles. The minimum atomic E-state index is -5.08. The van der Waals surface area contributed by atoms with Gasteiger partial charge in [-0.15, -0.1) is 10.2 Å². The molecule has 13 heteroatoms. The molecule has 0 amide bonds. The number of nitrogens with two attached hydrogens (primary N) is 1. The second-order valence-electron chi connectivity index (χ2n) is 7.25. The summed E-state index contributed by atoms with van der Waals surface area (Å²) in [5.41, 5.74) is 8.25. The van der Waals surface area contributed by atoms with Crippen LogP contribution in [0.2, 0.25) is 0 Å². The summed E-state index contributed by atoms with van der Waals surface area (Å²) in [4.78, 5) is 20.2. The number of carboxylic acids is 1. The van der Waals surface area contributed by atoms with Crippen LogP contribution in [-0.4, -0.2) is 61.1 Å². The zero-order valence-electron chi connectivity index (χ0n) is 17.8. The van der Waals surface area contributed by atoms with Crippen LogP contribution in [0.1, 0.15) is 17.8 Å². The van der Waals surface area contributed by atoms with Crippen molar-refractivity contribution in [1.82, 2.24) is 24.7 Å². The van der Waals surface area contributed by atoms with Crippen LogP contribution >= 0.6 is 11.8 Å². The fourth-order valence-electron chi connectivity index (χ4n) is 3.13. The average molecular weight is 482 g/mol. The predicted octanol–water partition coefficient (Wildman–Crippen LogP) is 3.00. The van der Waals surface area contributed by atoms with Crippen LogP contribution in [-0.2, 0) is 4.79 Å². The highest BCUT2D eigenvalue weighted by molar-refractivity contribution is 7.99. The van der Waals surface area contributed by atoms with Crippen LogP contribution in [0.5, 0.6) is 0 Å². The summed E-state index contributed by atoms with van der Waals surface area (Å²) in [5, 5.41) is 17.1. The first-order chi connectivity index (χ1) is 15.6. The lowest BCUT2D eigenvalue weighted by Crippen LogP contribution is -2.26. The van der Waals surface area contributed by atoms with Crippen molar-refractivity contribution in [2.45, 2.75) is 42.8 Å². The zero-order chi connectivity index (χ0) is 24.2. The predicted molar refractivity (Wildman–Crippen MR) is 115 cm³/mol. The van der Waals surface area contributed by atoms with Gasteiger partial charge in [-0.2, -0.15) is 13.2 Å². The first kappa shape index (κ1) is 24.5. The number of nitrogens with zero attached hydrogens (tertiary/aromatic N) is 6. The SMILES string of the molecule is Cc1ccccc1-n1c(C)nnc1Sc1nccc(N2CCC(N)C2)n1.O=C(O)C(F)(F)F. The van der Waals surface area contributed by atoms with Gasteiger partial charge in [0.1, 0.15) is 11.6 Å². The molecule has 176 valence electrons. The van der Waals surface area contributed by atoms with E-state index < -0.39 is 12.1 Å². The van der Waals surface area contributed by atoms with Crippen molar-refractivity contribution in [3.63, 3.8) is 0 Å². The molecule has 0 bridgehead atoms. The molecule has 1 atom stereocenters. The van der Waals surface area contributed by atoms with E-state index >= 15 is 0 Å². The number of aromatic nitrogens is 5. The lowest BCUT2D eigenvalue weighted by molar-refractivity contribution is -0.192. The Labute approximate surface area is 191 Å². The molecule has 33 heavy (non-hydrogen) atoms. The molecule has 1 aliphatic rings. The fraction of sp³-hybridized carbons (Fsp3) is 0.350. The van der Waals surface area contributed by atoms with Crippen LogP contribution in [0.25, 0.3) is 5.69 Å². The third kappa shape index (κ3) is 6.20. The maximum atomic E-state index is 10.6. The molecular formula is C20H22F3N7O2S. The third-order valence-corrected chi connectivity index (χ3v) is 5.57. The van der Waals surface area contributed by atoms with E-state index in [9.17, 15) is 13.2 Å². The number of hydrogen-bond donors (Lipinski definition) is 2. The number of hydrogen-bond acceptors (Lipinski definition) is 8. The summed E-state index contributed by atoms with van der Waals surface area (Å²) in [6.45, 7) is 5.80. The molecule has 2 aromatic heterocycles. The minimum absolute atomic E-state index is 0.216. The molecule has 4 rings (SSSR count). The number of anilines is 1. The van der Waals surface area contributed by atoms with E-state index in [0.717, 1.165) is 47.6 Å². The van der Waals surface area contributed by atoms with E-state index in [4.69, 9.17) is 20.6 Å². The van der Waals surface area contributed by atoms with Crippen LogP contribution in [0.15, 0.2) is 46.8 Å². The molecular weight excluding hydrogens is 459 g/mol. The quantitative estimate of drug-likeness (QED) is 0.541. The summed E-state index contributed by atoms with van der Waals surface area (Å²) in [6, 6.07) is 10.3. The highest BCUT2D eigenvalue weighted by Gasteiger charge is 2.38. The van der Waals surface area contributed by atoms with Crippen molar-refractivity contribution in [2.24, 2.45) is 5.73 Å². The van der Waals surface area contributed by atoms with Gasteiger partial charge in [0.05, 0.1) is 5.69 Å². The molecule has 0 aliphatic carbocycles. The molecule has 3 heterocycles. The Bertz CT molecular complexity index is 1120. The van der Waals surface area contributed by atoms with Gasteiger partial charge in [0.2, 0.25) is 5.16 Å². The van der Waals surface area contributed by atoms with E-state index in [1.807, 2.05) is 29.7 Å². The first-order valence-electron chi connectivity index (χ1n) is 9.86. The Morgan fingerprint density at radius 1 is 1.21 bits per heavy atom. The lowest BCUT2D eigenvalue weighted by Gasteiger charge is -2.17. The molecule has 9 nitrogen and oxygen atoms in total. The van der Waals surface area contributed by atoms with Gasteiger partial charge in [-0.1, -0.05) is 18.2 Å². The van der Waals surface area contributed by atoms with Crippen LogP contribution in [0.4, 0.5) is 19.0 Å². The maximum Gasteiger partial charge on any atom is 0.490 e. The van der Waals surface area contributed by atoms with Crippen molar-refractivity contribution >= 4 is 23.5 Å². The molecule has 1 aromatic carbocycles. The van der Waals surface area contributed by atoms with E-state index in [-0.39, 0.29) is 6.04 Å². The number of carbonyl (C=O) groups is 1. The smallest absolute Gasteiger partial charge is 0.475 e. The fourth-order valence-corrected chi connectivity index (χ4v) is 3.95. The highest BCUT2D eigenvalue weighted by atomic mass is 32.2. The molecule has 0 spiro atoms. The molecule has 3 N–H and O–H groups in total. The number of para-hydroxylation sites is 1. The summed E-state index contributed by atoms with van der Waals surface area (Å²) in [7, 11) is 0. The zero-order valence-corrected chi connectivity index (χ0v) is 18.6. The van der Waals surface area contributed by atoms with Crippen molar-refractivity contribution in [2.75, 3.05) is 18.0 Å². The molecule has 1 aliphatic heterocycles. The average Bonchev–Trinajstić information content (AvgIpc) is 3.34. The summed E-state index contributed by atoms with van der Waals surface area (Å²) >= 11 is 1.42. The van der Waals surface area contributed by atoms with Gasteiger partial charge in [-0.05, 0) is 49.7 Å². The van der Waals surface area contributed by atoms with Gasteiger partial charge in [0.15, 0.2) is 5.16 Å². The van der Waals surface area contributed by atoms with Crippen LogP contribution < -0.4 is 10.6 Å². The Balaban J connectivity index is 0.000000383. The highest BCUT2D eigenvalue weighted by Crippen LogP contribution is 2.29. The number of carboxylic acid groups (broad SMARTS) is 1. The van der Waals surface area contributed by atoms with Gasteiger partial charge < -0.3 is 15.7 Å². The van der Waals surface area contributed by atoms with Crippen molar-refractivity contribution in [3.8, 4) is 5.69 Å². The van der Waals surface area contributed by atoms with Gasteiger partial charge in [0, 0.05) is 25.3 Å². The number of rotatable bonds is 4. The summed E-state index contributed by atoms with van der Waals surface area (Å²) in [5.74, 6) is -1.01. The molecule has 0 saturated carbocycles. The van der Waals surface area contributed by atoms with E-state index in [2.05, 4.69) is 39.1 Å². The largest absolute Gasteiger partial charge is 0.490 e. The van der Waals surface area contributed by atoms with Gasteiger partial charge >= 0.3 is 12.1 Å². The molecule has 0 radical (unpaired) electrons. The van der Waals surface area contributed by atoms with Crippen LogP contribution in [0.3, 0.4) is 0 Å². The number of halogens is 3.